The maximum Gasteiger partial charge on any atom is 0.416 e. The Labute approximate surface area is 180 Å². The molecule has 1 unspecified atom stereocenters. The molecule has 0 fully saturated rings. The fourth-order valence-corrected chi connectivity index (χ4v) is 2.76. The molecule has 1 aliphatic heterocycles. The van der Waals surface area contributed by atoms with Gasteiger partial charge in [-0.3, -0.25) is 9.59 Å². The van der Waals surface area contributed by atoms with Crippen LogP contribution in [0.3, 0.4) is 0 Å². The molecule has 0 bridgehead atoms. The van der Waals surface area contributed by atoms with E-state index in [9.17, 15) is 27.9 Å². The zero-order chi connectivity index (χ0) is 19.6. The number of benzene rings is 2. The van der Waals surface area contributed by atoms with Crippen LogP contribution in [0.1, 0.15) is 23.6 Å². The second-order valence-electron chi connectivity index (χ2n) is 5.99. The molecule has 5 nitrogen and oxygen atoms in total. The van der Waals surface area contributed by atoms with Crippen molar-refractivity contribution in [2.24, 2.45) is 0 Å². The van der Waals surface area contributed by atoms with Gasteiger partial charge in [-0.1, -0.05) is 30.3 Å². The molecule has 0 aromatic heterocycles. The summed E-state index contributed by atoms with van der Waals surface area (Å²) in [6, 6.07) is 12.3. The average Bonchev–Trinajstić information content (AvgIpc) is 2.61. The number of halogens is 3. The Kier molecular flexibility index (Phi) is 6.92. The van der Waals surface area contributed by atoms with Crippen LogP contribution >= 0.6 is 0 Å². The number of carbonyl (C=O) groups excluding carboxylic acids is 2. The first-order valence-electron chi connectivity index (χ1n) is 8.02. The van der Waals surface area contributed by atoms with Crippen molar-refractivity contribution in [3.8, 4) is 0 Å². The molecule has 141 valence electrons. The zero-order valence-electron chi connectivity index (χ0n) is 14.9. The summed E-state index contributed by atoms with van der Waals surface area (Å²) in [5, 5.41) is 15.1. The molecule has 1 radical (unpaired) electrons. The first-order chi connectivity index (χ1) is 12.8. The van der Waals surface area contributed by atoms with Crippen molar-refractivity contribution in [2.45, 2.75) is 18.6 Å². The van der Waals surface area contributed by atoms with Gasteiger partial charge >= 0.3 is 6.18 Å². The molecule has 0 saturated carbocycles. The van der Waals surface area contributed by atoms with Crippen LogP contribution in [0.5, 0.6) is 0 Å². The summed E-state index contributed by atoms with van der Waals surface area (Å²) < 4.78 is 37.7. The Morgan fingerprint density at radius 3 is 2.21 bits per heavy atom. The topological polar surface area (TPSA) is 78.4 Å². The standard InChI is InChI=1S/C19H15F3N2O3.Na/c20-19(21,22)12-6-8-13(9-7-12)23-17(26)16-15(25)10-14(24-18(16)27)11-4-2-1-3-5-11;/h1-9,14,25H,10H2,(H,23,26)(H,24,27);. The van der Waals surface area contributed by atoms with Gasteiger partial charge in [0, 0.05) is 41.7 Å². The van der Waals surface area contributed by atoms with Crippen LogP contribution in [0.4, 0.5) is 18.9 Å². The third kappa shape index (κ3) is 4.95. The number of nitrogens with one attached hydrogen (secondary N) is 2. The Morgan fingerprint density at radius 1 is 1.07 bits per heavy atom. The fraction of sp³-hybridized carbons (Fsp3) is 0.158. The van der Waals surface area contributed by atoms with Crippen molar-refractivity contribution in [2.75, 3.05) is 5.32 Å². The third-order valence-electron chi connectivity index (χ3n) is 4.12. The Bertz CT molecular complexity index is 897. The summed E-state index contributed by atoms with van der Waals surface area (Å²) >= 11 is 0. The number of hydrogen-bond acceptors (Lipinski definition) is 3. The van der Waals surface area contributed by atoms with E-state index in [2.05, 4.69) is 10.6 Å². The third-order valence-corrected chi connectivity index (χ3v) is 4.12. The van der Waals surface area contributed by atoms with Crippen LogP contribution in [0, 0.1) is 0 Å². The zero-order valence-corrected chi connectivity index (χ0v) is 16.9. The number of rotatable bonds is 3. The Balaban J connectivity index is 0.00000280. The molecular formula is C19H15F3N2NaO3. The fourth-order valence-electron chi connectivity index (χ4n) is 2.76. The van der Waals surface area contributed by atoms with E-state index in [4.69, 9.17) is 0 Å². The van der Waals surface area contributed by atoms with E-state index < -0.39 is 35.2 Å². The van der Waals surface area contributed by atoms with E-state index in [1.165, 1.54) is 0 Å². The predicted octanol–water partition coefficient (Wildman–Crippen LogP) is 3.34. The normalized spacial score (nSPS) is 16.8. The van der Waals surface area contributed by atoms with Gasteiger partial charge in [-0.25, -0.2) is 0 Å². The number of alkyl halides is 3. The van der Waals surface area contributed by atoms with Crippen molar-refractivity contribution in [1.82, 2.24) is 5.32 Å². The summed E-state index contributed by atoms with van der Waals surface area (Å²) in [6.07, 6.45) is -4.45. The molecule has 1 heterocycles. The van der Waals surface area contributed by atoms with Gasteiger partial charge in [0.05, 0.1) is 11.6 Å². The first kappa shape index (κ1) is 22.0. The van der Waals surface area contributed by atoms with Crippen molar-refractivity contribution in [3.63, 3.8) is 0 Å². The largest absolute Gasteiger partial charge is 0.511 e. The summed E-state index contributed by atoms with van der Waals surface area (Å²) in [5.41, 5.74) is -0.461. The van der Waals surface area contributed by atoms with Gasteiger partial charge in [-0.2, -0.15) is 13.2 Å². The summed E-state index contributed by atoms with van der Waals surface area (Å²) in [7, 11) is 0. The van der Waals surface area contributed by atoms with Crippen molar-refractivity contribution in [1.29, 1.82) is 0 Å². The van der Waals surface area contributed by atoms with Crippen molar-refractivity contribution >= 4 is 47.1 Å². The van der Waals surface area contributed by atoms with Crippen LogP contribution in [0.25, 0.3) is 0 Å². The monoisotopic (exact) mass is 399 g/mol. The molecule has 2 aromatic rings. The smallest absolute Gasteiger partial charge is 0.416 e. The van der Waals surface area contributed by atoms with Gasteiger partial charge in [0.15, 0.2) is 0 Å². The van der Waals surface area contributed by atoms with E-state index in [0.29, 0.717) is 0 Å². The molecule has 1 atom stereocenters. The second-order valence-corrected chi connectivity index (χ2v) is 5.99. The van der Waals surface area contributed by atoms with Gasteiger partial charge in [-0.05, 0) is 29.8 Å². The van der Waals surface area contributed by atoms with Crippen LogP contribution in [-0.2, 0) is 15.8 Å². The van der Waals surface area contributed by atoms with Gasteiger partial charge in [0.25, 0.3) is 11.8 Å². The SMILES string of the molecule is O=C(Nc1ccc(C(F)(F)F)cc1)C1=C(O)CC(c2ccccc2)NC1=O.[Na]. The van der Waals surface area contributed by atoms with E-state index >= 15 is 0 Å². The molecule has 2 amide bonds. The number of carbonyl (C=O) groups is 2. The molecule has 0 saturated heterocycles. The molecule has 2 aromatic carbocycles. The van der Waals surface area contributed by atoms with Gasteiger partial charge in [0.2, 0.25) is 0 Å². The number of aliphatic hydroxyl groups excluding tert-OH is 1. The minimum atomic E-state index is -4.49. The van der Waals surface area contributed by atoms with Gasteiger partial charge in [-0.15, -0.1) is 0 Å². The first-order valence-corrected chi connectivity index (χ1v) is 8.02. The molecule has 3 N–H and O–H groups in total. The van der Waals surface area contributed by atoms with Crippen molar-refractivity contribution in [3.05, 3.63) is 77.1 Å². The molecule has 28 heavy (non-hydrogen) atoms. The van der Waals surface area contributed by atoms with Crippen LogP contribution in [0.15, 0.2) is 65.9 Å². The minimum Gasteiger partial charge on any atom is -0.511 e. The Morgan fingerprint density at radius 2 is 1.68 bits per heavy atom. The van der Waals surface area contributed by atoms with E-state index in [0.717, 1.165) is 29.8 Å². The average molecular weight is 399 g/mol. The second kappa shape index (κ2) is 8.81. The Hall–Kier alpha value is -2.29. The van der Waals surface area contributed by atoms with Crippen LogP contribution in [-0.4, -0.2) is 46.5 Å². The molecule has 0 aliphatic carbocycles. The van der Waals surface area contributed by atoms with Gasteiger partial charge < -0.3 is 15.7 Å². The molecule has 9 heteroatoms. The number of amides is 2. The van der Waals surface area contributed by atoms with Gasteiger partial charge in [0.1, 0.15) is 11.3 Å². The maximum absolute atomic E-state index is 12.6. The minimum absolute atomic E-state index is 0. The van der Waals surface area contributed by atoms with E-state index in [1.807, 2.05) is 6.07 Å². The van der Waals surface area contributed by atoms with Crippen LogP contribution in [0.2, 0.25) is 0 Å². The molecular weight excluding hydrogens is 384 g/mol. The van der Waals surface area contributed by atoms with E-state index in [-0.39, 0.29) is 47.4 Å². The summed E-state index contributed by atoms with van der Waals surface area (Å²) in [4.78, 5) is 24.6. The molecule has 1 aliphatic rings. The van der Waals surface area contributed by atoms with Crippen LogP contribution < -0.4 is 10.6 Å². The molecule has 0 spiro atoms. The quantitative estimate of drug-likeness (QED) is 0.547. The summed E-state index contributed by atoms with van der Waals surface area (Å²) in [6.45, 7) is 0. The number of anilines is 1. The number of hydrogen-bond donors (Lipinski definition) is 3. The van der Waals surface area contributed by atoms with E-state index in [1.54, 1.807) is 24.3 Å². The maximum atomic E-state index is 12.6. The summed E-state index contributed by atoms with van der Waals surface area (Å²) in [5.74, 6) is -2.02. The van der Waals surface area contributed by atoms with Crippen molar-refractivity contribution < 1.29 is 27.9 Å². The molecule has 3 rings (SSSR count). The predicted molar refractivity (Wildman–Crippen MR) is 97.4 cm³/mol. The number of aliphatic hydroxyl groups is 1.